The van der Waals surface area contributed by atoms with Gasteiger partial charge in [-0.15, -0.1) is 0 Å². The average molecular weight is 445 g/mol. The molecule has 0 heterocycles. The maximum atomic E-state index is 12.4. The van der Waals surface area contributed by atoms with Gasteiger partial charge in [0, 0.05) is 5.69 Å². The van der Waals surface area contributed by atoms with Crippen molar-refractivity contribution < 1.29 is 23.9 Å². The second kappa shape index (κ2) is 10.7. The molecule has 0 bridgehead atoms. The van der Waals surface area contributed by atoms with Crippen LogP contribution in [0.2, 0.25) is 0 Å². The molecule has 2 amide bonds. The fourth-order valence-corrected chi connectivity index (χ4v) is 2.81. The highest BCUT2D eigenvalue weighted by molar-refractivity contribution is 6.39. The lowest BCUT2D eigenvalue weighted by Gasteiger charge is -2.09. The van der Waals surface area contributed by atoms with Crippen LogP contribution in [0.25, 0.3) is 0 Å². The van der Waals surface area contributed by atoms with Crippen LogP contribution >= 0.6 is 0 Å². The number of benzene rings is 3. The van der Waals surface area contributed by atoms with Crippen molar-refractivity contribution in [2.24, 2.45) is 5.10 Å². The third-order valence-corrected chi connectivity index (χ3v) is 4.65. The highest BCUT2D eigenvalue weighted by atomic mass is 16.5. The molecule has 3 aromatic rings. The van der Waals surface area contributed by atoms with Crippen molar-refractivity contribution in [2.75, 3.05) is 12.4 Å². The summed E-state index contributed by atoms with van der Waals surface area (Å²) in [5, 5.41) is 6.47. The highest BCUT2D eigenvalue weighted by Crippen LogP contribution is 2.21. The van der Waals surface area contributed by atoms with Gasteiger partial charge in [-0.2, -0.15) is 5.10 Å². The Kier molecular flexibility index (Phi) is 7.54. The number of hydrogen-bond donors (Lipinski definition) is 2. The number of para-hydroxylation sites is 1. The average Bonchev–Trinajstić information content (AvgIpc) is 2.84. The topological polar surface area (TPSA) is 106 Å². The summed E-state index contributed by atoms with van der Waals surface area (Å²) in [6, 6.07) is 20.4. The lowest BCUT2D eigenvalue weighted by molar-refractivity contribution is -0.136. The molecule has 0 fully saturated rings. The van der Waals surface area contributed by atoms with Crippen molar-refractivity contribution in [3.63, 3.8) is 0 Å². The van der Waals surface area contributed by atoms with E-state index in [-0.39, 0.29) is 0 Å². The minimum absolute atomic E-state index is 0.313. The zero-order valence-electron chi connectivity index (χ0n) is 18.4. The summed E-state index contributed by atoms with van der Waals surface area (Å²) < 4.78 is 10.6. The van der Waals surface area contributed by atoms with Crippen LogP contribution < -0.4 is 20.2 Å². The summed E-state index contributed by atoms with van der Waals surface area (Å²) in [7, 11) is 1.48. The zero-order valence-corrected chi connectivity index (χ0v) is 18.4. The Hall–Kier alpha value is -4.46. The Balaban J connectivity index is 1.58. The monoisotopic (exact) mass is 445 g/mol. The molecule has 0 aromatic heterocycles. The summed E-state index contributed by atoms with van der Waals surface area (Å²) in [4.78, 5) is 36.4. The SMILES string of the molecule is COc1ccccc1C(=O)Oc1ccc(C(C)=NNC(=O)C(=O)Nc2ccc(C)cc2)cc1. The summed E-state index contributed by atoms with van der Waals surface area (Å²) in [5.74, 6) is -1.50. The van der Waals surface area contributed by atoms with E-state index in [4.69, 9.17) is 9.47 Å². The van der Waals surface area contributed by atoms with Gasteiger partial charge in [0.25, 0.3) is 0 Å². The van der Waals surface area contributed by atoms with E-state index in [0.29, 0.717) is 34.0 Å². The molecular weight excluding hydrogens is 422 g/mol. The maximum absolute atomic E-state index is 12.4. The molecular formula is C25H23N3O5. The molecule has 2 N–H and O–H groups in total. The molecule has 0 saturated heterocycles. The van der Waals surface area contributed by atoms with Gasteiger partial charge in [0.2, 0.25) is 0 Å². The van der Waals surface area contributed by atoms with Gasteiger partial charge in [-0.1, -0.05) is 29.8 Å². The molecule has 0 spiro atoms. The van der Waals surface area contributed by atoms with Crippen molar-refractivity contribution in [3.05, 3.63) is 89.5 Å². The quantitative estimate of drug-likeness (QED) is 0.198. The van der Waals surface area contributed by atoms with Gasteiger partial charge in [0.1, 0.15) is 17.1 Å². The smallest absolute Gasteiger partial charge is 0.347 e. The number of rotatable bonds is 6. The van der Waals surface area contributed by atoms with E-state index in [9.17, 15) is 14.4 Å². The van der Waals surface area contributed by atoms with Crippen molar-refractivity contribution in [3.8, 4) is 11.5 Å². The molecule has 0 aliphatic carbocycles. The van der Waals surface area contributed by atoms with E-state index in [1.165, 1.54) is 7.11 Å². The van der Waals surface area contributed by atoms with Gasteiger partial charge in [-0.3, -0.25) is 9.59 Å². The number of anilines is 1. The molecule has 3 rings (SSSR count). The summed E-state index contributed by atoms with van der Waals surface area (Å²) in [5.41, 5.74) is 5.24. The van der Waals surface area contributed by atoms with Crippen LogP contribution in [0.3, 0.4) is 0 Å². The number of aryl methyl sites for hydroxylation is 1. The zero-order chi connectivity index (χ0) is 23.8. The summed E-state index contributed by atoms with van der Waals surface area (Å²) >= 11 is 0. The first kappa shape index (κ1) is 23.2. The fraction of sp³-hybridized carbons (Fsp3) is 0.120. The molecule has 0 atom stereocenters. The molecule has 33 heavy (non-hydrogen) atoms. The van der Waals surface area contributed by atoms with Crippen LogP contribution in [0.15, 0.2) is 77.9 Å². The minimum atomic E-state index is -0.891. The summed E-state index contributed by atoms with van der Waals surface area (Å²) in [6.45, 7) is 3.60. The summed E-state index contributed by atoms with van der Waals surface area (Å²) in [6.07, 6.45) is 0. The third kappa shape index (κ3) is 6.27. The van der Waals surface area contributed by atoms with Crippen LogP contribution in [0, 0.1) is 6.92 Å². The lowest BCUT2D eigenvalue weighted by Crippen LogP contribution is -2.32. The number of hydrazone groups is 1. The maximum Gasteiger partial charge on any atom is 0.347 e. The number of nitrogens with zero attached hydrogens (tertiary/aromatic N) is 1. The molecule has 168 valence electrons. The normalized spacial score (nSPS) is 10.8. The Morgan fingerprint density at radius 3 is 2.18 bits per heavy atom. The standard InChI is InChI=1S/C25H23N3O5/c1-16-8-12-19(13-9-16)26-23(29)24(30)28-27-17(2)18-10-14-20(15-11-18)33-25(31)21-6-4-5-7-22(21)32-3/h4-15H,1-3H3,(H,26,29)(H,28,30). The number of carbonyl (C=O) groups excluding carboxylic acids is 3. The fourth-order valence-electron chi connectivity index (χ4n) is 2.81. The molecule has 0 unspecified atom stereocenters. The number of hydrogen-bond acceptors (Lipinski definition) is 6. The van der Waals surface area contributed by atoms with Gasteiger partial charge in [0.15, 0.2) is 0 Å². The van der Waals surface area contributed by atoms with Gasteiger partial charge in [-0.05, 0) is 67.9 Å². The minimum Gasteiger partial charge on any atom is -0.496 e. The van der Waals surface area contributed by atoms with Crippen LogP contribution in [0.1, 0.15) is 28.4 Å². The van der Waals surface area contributed by atoms with Gasteiger partial charge < -0.3 is 14.8 Å². The first-order chi connectivity index (χ1) is 15.9. The van der Waals surface area contributed by atoms with Crippen molar-refractivity contribution in [1.82, 2.24) is 5.43 Å². The van der Waals surface area contributed by atoms with Crippen molar-refractivity contribution in [1.29, 1.82) is 0 Å². The number of carbonyl (C=O) groups is 3. The Morgan fingerprint density at radius 1 is 0.848 bits per heavy atom. The van der Waals surface area contributed by atoms with Crippen LogP contribution in [-0.2, 0) is 9.59 Å². The van der Waals surface area contributed by atoms with Gasteiger partial charge in [-0.25, -0.2) is 10.2 Å². The Morgan fingerprint density at radius 2 is 1.52 bits per heavy atom. The van der Waals surface area contributed by atoms with Gasteiger partial charge in [0.05, 0.1) is 12.8 Å². The van der Waals surface area contributed by atoms with E-state index in [2.05, 4.69) is 15.8 Å². The first-order valence-electron chi connectivity index (χ1n) is 10.1. The van der Waals surface area contributed by atoms with E-state index in [0.717, 1.165) is 5.56 Å². The van der Waals surface area contributed by atoms with E-state index in [1.54, 1.807) is 67.6 Å². The Bertz CT molecular complexity index is 1190. The predicted molar refractivity (Wildman–Crippen MR) is 125 cm³/mol. The third-order valence-electron chi connectivity index (χ3n) is 4.65. The van der Waals surface area contributed by atoms with Crippen molar-refractivity contribution >= 4 is 29.2 Å². The Labute approximate surface area is 191 Å². The second-order valence-corrected chi connectivity index (χ2v) is 7.07. The number of esters is 1. The molecule has 3 aromatic carbocycles. The number of methoxy groups -OCH3 is 1. The highest BCUT2D eigenvalue weighted by Gasteiger charge is 2.15. The molecule has 8 nitrogen and oxygen atoms in total. The number of ether oxygens (including phenoxy) is 2. The van der Waals surface area contributed by atoms with E-state index < -0.39 is 17.8 Å². The molecule has 0 aliphatic heterocycles. The largest absolute Gasteiger partial charge is 0.496 e. The van der Waals surface area contributed by atoms with E-state index >= 15 is 0 Å². The first-order valence-corrected chi connectivity index (χ1v) is 10.1. The second-order valence-electron chi connectivity index (χ2n) is 7.07. The molecule has 0 saturated carbocycles. The molecule has 0 radical (unpaired) electrons. The van der Waals surface area contributed by atoms with Crippen LogP contribution in [-0.4, -0.2) is 30.6 Å². The van der Waals surface area contributed by atoms with Crippen molar-refractivity contribution in [2.45, 2.75) is 13.8 Å². The van der Waals surface area contributed by atoms with Crippen LogP contribution in [0.5, 0.6) is 11.5 Å². The lowest BCUT2D eigenvalue weighted by atomic mass is 10.1. The molecule has 0 aliphatic rings. The number of amides is 2. The van der Waals surface area contributed by atoms with E-state index in [1.807, 2.05) is 19.1 Å². The molecule has 8 heteroatoms. The van der Waals surface area contributed by atoms with Crippen LogP contribution in [0.4, 0.5) is 5.69 Å². The number of nitrogens with one attached hydrogen (secondary N) is 2. The predicted octanol–water partition coefficient (Wildman–Crippen LogP) is 3.70. The van der Waals surface area contributed by atoms with Gasteiger partial charge >= 0.3 is 17.8 Å².